The van der Waals surface area contributed by atoms with E-state index in [0.717, 1.165) is 5.56 Å². The molecule has 1 aromatic heterocycles. The molecule has 20 heavy (non-hydrogen) atoms. The van der Waals surface area contributed by atoms with Gasteiger partial charge in [0.05, 0.1) is 6.04 Å². The molecular formula is C16H23N3O. The minimum Gasteiger partial charge on any atom is -0.337 e. The predicted molar refractivity (Wildman–Crippen MR) is 80.2 cm³/mol. The topological polar surface area (TPSA) is 64.9 Å². The lowest BCUT2D eigenvalue weighted by molar-refractivity contribution is 0.253. The summed E-state index contributed by atoms with van der Waals surface area (Å²) < 4.78 is 5.30. The summed E-state index contributed by atoms with van der Waals surface area (Å²) >= 11 is 0. The quantitative estimate of drug-likeness (QED) is 0.921. The van der Waals surface area contributed by atoms with E-state index in [1.807, 2.05) is 12.1 Å². The molecule has 0 spiro atoms. The van der Waals surface area contributed by atoms with Gasteiger partial charge in [-0.1, -0.05) is 64.0 Å². The van der Waals surface area contributed by atoms with Crippen molar-refractivity contribution in [1.29, 1.82) is 0 Å². The third-order valence-corrected chi connectivity index (χ3v) is 3.48. The van der Waals surface area contributed by atoms with Gasteiger partial charge >= 0.3 is 0 Å². The van der Waals surface area contributed by atoms with Crippen LogP contribution in [0.15, 0.2) is 28.8 Å². The molecule has 108 valence electrons. The Morgan fingerprint density at radius 3 is 2.20 bits per heavy atom. The number of rotatable bonds is 3. The second-order valence-electron chi connectivity index (χ2n) is 6.58. The normalized spacial score (nSPS) is 13.8. The molecule has 4 nitrogen and oxygen atoms in total. The summed E-state index contributed by atoms with van der Waals surface area (Å²) in [6.07, 6.45) is 0. The highest BCUT2D eigenvalue weighted by Gasteiger charge is 2.27. The lowest BCUT2D eigenvalue weighted by Gasteiger charge is -2.23. The van der Waals surface area contributed by atoms with Crippen LogP contribution in [0.25, 0.3) is 11.4 Å². The monoisotopic (exact) mass is 273 g/mol. The molecule has 0 fully saturated rings. The fraction of sp³-hybridized carbons (Fsp3) is 0.500. The highest BCUT2D eigenvalue weighted by Crippen LogP contribution is 2.30. The maximum atomic E-state index is 6.13. The Kier molecular flexibility index (Phi) is 3.95. The zero-order chi connectivity index (χ0) is 14.9. The third-order valence-electron chi connectivity index (χ3n) is 3.48. The Morgan fingerprint density at radius 2 is 1.70 bits per heavy atom. The number of hydrogen-bond donors (Lipinski definition) is 1. The van der Waals surface area contributed by atoms with Crippen LogP contribution in [-0.2, 0) is 0 Å². The maximum absolute atomic E-state index is 6.13. The number of aromatic nitrogens is 2. The van der Waals surface area contributed by atoms with Gasteiger partial charge in [0.25, 0.3) is 0 Å². The standard InChI is InChI=1S/C16H23N3O/c1-10(2)11-6-8-12(9-7-11)14-18-15(20-19-14)13(17)16(3,4)5/h6-10,13H,17H2,1-5H3/t13-/m0/s1. The fourth-order valence-corrected chi connectivity index (χ4v) is 1.87. The summed E-state index contributed by atoms with van der Waals surface area (Å²) in [6, 6.07) is 7.97. The SMILES string of the molecule is CC(C)c1ccc(-c2noc([C@H](N)C(C)(C)C)n2)cc1. The fourth-order valence-electron chi connectivity index (χ4n) is 1.87. The first-order valence-electron chi connectivity index (χ1n) is 6.98. The summed E-state index contributed by atoms with van der Waals surface area (Å²) in [5, 5.41) is 4.03. The average molecular weight is 273 g/mol. The number of nitrogens with two attached hydrogens (primary N) is 1. The summed E-state index contributed by atoms with van der Waals surface area (Å²) in [6.45, 7) is 10.5. The maximum Gasteiger partial charge on any atom is 0.244 e. The highest BCUT2D eigenvalue weighted by molar-refractivity contribution is 5.54. The van der Waals surface area contributed by atoms with E-state index in [4.69, 9.17) is 10.3 Å². The van der Waals surface area contributed by atoms with Gasteiger partial charge in [-0.25, -0.2) is 0 Å². The van der Waals surface area contributed by atoms with Gasteiger partial charge in [0, 0.05) is 5.56 Å². The van der Waals surface area contributed by atoms with Crippen molar-refractivity contribution in [2.24, 2.45) is 11.1 Å². The highest BCUT2D eigenvalue weighted by atomic mass is 16.5. The van der Waals surface area contributed by atoms with Crippen LogP contribution >= 0.6 is 0 Å². The largest absolute Gasteiger partial charge is 0.337 e. The van der Waals surface area contributed by atoms with Gasteiger partial charge in [0.15, 0.2) is 0 Å². The van der Waals surface area contributed by atoms with Gasteiger partial charge in [0.2, 0.25) is 11.7 Å². The number of benzene rings is 1. The zero-order valence-corrected chi connectivity index (χ0v) is 12.8. The first-order valence-corrected chi connectivity index (χ1v) is 6.98. The summed E-state index contributed by atoms with van der Waals surface area (Å²) in [5.41, 5.74) is 8.27. The van der Waals surface area contributed by atoms with Crippen molar-refractivity contribution in [2.75, 3.05) is 0 Å². The lowest BCUT2D eigenvalue weighted by atomic mass is 9.87. The molecule has 0 aliphatic rings. The van der Waals surface area contributed by atoms with E-state index in [-0.39, 0.29) is 11.5 Å². The molecule has 1 atom stereocenters. The first-order chi connectivity index (χ1) is 9.29. The molecule has 0 bridgehead atoms. The Balaban J connectivity index is 2.24. The van der Waals surface area contributed by atoms with Crippen LogP contribution in [0.3, 0.4) is 0 Å². The van der Waals surface area contributed by atoms with E-state index >= 15 is 0 Å². The molecule has 0 radical (unpaired) electrons. The molecule has 0 unspecified atom stereocenters. The van der Waals surface area contributed by atoms with Gasteiger partial charge in [-0.2, -0.15) is 4.98 Å². The molecule has 1 heterocycles. The Labute approximate surface area is 120 Å². The number of hydrogen-bond acceptors (Lipinski definition) is 4. The minimum atomic E-state index is -0.265. The molecule has 0 saturated carbocycles. The van der Waals surface area contributed by atoms with E-state index < -0.39 is 0 Å². The van der Waals surface area contributed by atoms with Gasteiger partial charge in [-0.05, 0) is 16.9 Å². The zero-order valence-electron chi connectivity index (χ0n) is 12.8. The molecule has 2 aromatic rings. The van der Waals surface area contributed by atoms with Crippen molar-refractivity contribution in [2.45, 2.75) is 46.6 Å². The molecule has 0 amide bonds. The van der Waals surface area contributed by atoms with Crippen molar-refractivity contribution in [3.8, 4) is 11.4 Å². The molecular weight excluding hydrogens is 250 g/mol. The van der Waals surface area contributed by atoms with Crippen LogP contribution < -0.4 is 5.73 Å². The Morgan fingerprint density at radius 1 is 1.10 bits per heavy atom. The van der Waals surface area contributed by atoms with E-state index in [0.29, 0.717) is 17.6 Å². The van der Waals surface area contributed by atoms with Crippen LogP contribution in [0.2, 0.25) is 0 Å². The van der Waals surface area contributed by atoms with Crippen LogP contribution in [-0.4, -0.2) is 10.1 Å². The van der Waals surface area contributed by atoms with Gasteiger partial charge in [-0.3, -0.25) is 0 Å². The Hall–Kier alpha value is -1.68. The second-order valence-corrected chi connectivity index (χ2v) is 6.58. The van der Waals surface area contributed by atoms with Crippen molar-refractivity contribution < 1.29 is 4.52 Å². The molecule has 2 N–H and O–H groups in total. The summed E-state index contributed by atoms with van der Waals surface area (Å²) in [4.78, 5) is 4.42. The van der Waals surface area contributed by atoms with Crippen LogP contribution in [0.5, 0.6) is 0 Å². The molecule has 1 aromatic carbocycles. The lowest BCUT2D eigenvalue weighted by Crippen LogP contribution is -2.26. The smallest absolute Gasteiger partial charge is 0.244 e. The Bertz CT molecular complexity index is 564. The van der Waals surface area contributed by atoms with Crippen LogP contribution in [0.1, 0.15) is 58.0 Å². The van der Waals surface area contributed by atoms with Crippen molar-refractivity contribution in [3.05, 3.63) is 35.7 Å². The van der Waals surface area contributed by atoms with E-state index in [9.17, 15) is 0 Å². The van der Waals surface area contributed by atoms with E-state index in [1.165, 1.54) is 5.56 Å². The van der Waals surface area contributed by atoms with Gasteiger partial charge in [-0.15, -0.1) is 0 Å². The molecule has 0 aliphatic heterocycles. The molecule has 0 saturated heterocycles. The molecule has 2 rings (SSSR count). The molecule has 4 heteroatoms. The second kappa shape index (κ2) is 5.37. The first kappa shape index (κ1) is 14.7. The predicted octanol–water partition coefficient (Wildman–Crippen LogP) is 3.91. The van der Waals surface area contributed by atoms with Crippen molar-refractivity contribution >= 4 is 0 Å². The molecule has 0 aliphatic carbocycles. The number of nitrogens with zero attached hydrogens (tertiary/aromatic N) is 2. The minimum absolute atomic E-state index is 0.106. The average Bonchev–Trinajstić information content (AvgIpc) is 2.86. The van der Waals surface area contributed by atoms with Crippen LogP contribution in [0, 0.1) is 5.41 Å². The third kappa shape index (κ3) is 3.07. The van der Waals surface area contributed by atoms with E-state index in [1.54, 1.807) is 0 Å². The summed E-state index contributed by atoms with van der Waals surface area (Å²) in [5.74, 6) is 1.59. The summed E-state index contributed by atoms with van der Waals surface area (Å²) in [7, 11) is 0. The van der Waals surface area contributed by atoms with Gasteiger partial charge in [0.1, 0.15) is 0 Å². The van der Waals surface area contributed by atoms with Gasteiger partial charge < -0.3 is 10.3 Å². The van der Waals surface area contributed by atoms with Crippen LogP contribution in [0.4, 0.5) is 0 Å². The van der Waals surface area contributed by atoms with Crippen molar-refractivity contribution in [1.82, 2.24) is 10.1 Å². The van der Waals surface area contributed by atoms with E-state index in [2.05, 4.69) is 56.9 Å². The van der Waals surface area contributed by atoms with Crippen molar-refractivity contribution in [3.63, 3.8) is 0 Å².